The number of hydrogen-bond donors (Lipinski definition) is 2. The summed E-state index contributed by atoms with van der Waals surface area (Å²) in [6.07, 6.45) is 10.7. The summed E-state index contributed by atoms with van der Waals surface area (Å²) in [4.78, 5) is 43.3. The van der Waals surface area contributed by atoms with Gasteiger partial charge in [0.25, 0.3) is 0 Å². The zero-order valence-electron chi connectivity index (χ0n) is 17.0. The van der Waals surface area contributed by atoms with Crippen LogP contribution in [0.1, 0.15) is 49.4 Å². The molecular formula is C20H28N6O4. The van der Waals surface area contributed by atoms with E-state index in [1.54, 1.807) is 24.8 Å². The van der Waals surface area contributed by atoms with Crippen LogP contribution in [0.15, 0.2) is 24.8 Å². The lowest BCUT2D eigenvalue weighted by Crippen LogP contribution is -2.35. The van der Waals surface area contributed by atoms with E-state index in [-0.39, 0.29) is 50.3 Å². The van der Waals surface area contributed by atoms with Crippen LogP contribution >= 0.6 is 0 Å². The fraction of sp³-hybridized carbons (Fsp3) is 0.600. The molecule has 0 bridgehead atoms. The van der Waals surface area contributed by atoms with Gasteiger partial charge in [0.05, 0.1) is 25.3 Å². The second kappa shape index (κ2) is 9.86. The molecular weight excluding hydrogens is 388 g/mol. The van der Waals surface area contributed by atoms with Crippen molar-refractivity contribution in [1.29, 1.82) is 0 Å². The molecule has 2 amide bonds. The fourth-order valence-electron chi connectivity index (χ4n) is 4.22. The molecule has 162 valence electrons. The minimum atomic E-state index is -0.0525. The SMILES string of the molecule is O=C(COCCOCC(=O)N1CCCC1c1ncc[nH]1)N1CCCC1c1ncc[nH]1. The van der Waals surface area contributed by atoms with Gasteiger partial charge in [-0.25, -0.2) is 9.97 Å². The van der Waals surface area contributed by atoms with Gasteiger partial charge in [-0.1, -0.05) is 0 Å². The highest BCUT2D eigenvalue weighted by atomic mass is 16.5. The van der Waals surface area contributed by atoms with Crippen LogP contribution in [0.3, 0.4) is 0 Å². The number of aromatic amines is 2. The first-order chi connectivity index (χ1) is 14.7. The molecule has 10 heteroatoms. The van der Waals surface area contributed by atoms with Gasteiger partial charge in [-0.2, -0.15) is 0 Å². The van der Waals surface area contributed by atoms with Crippen LogP contribution < -0.4 is 0 Å². The normalized spacial score (nSPS) is 21.5. The van der Waals surface area contributed by atoms with E-state index >= 15 is 0 Å². The third-order valence-electron chi connectivity index (χ3n) is 5.64. The lowest BCUT2D eigenvalue weighted by Gasteiger charge is -2.23. The van der Waals surface area contributed by atoms with E-state index in [4.69, 9.17) is 9.47 Å². The van der Waals surface area contributed by atoms with E-state index in [1.807, 2.05) is 9.80 Å². The highest BCUT2D eigenvalue weighted by molar-refractivity contribution is 5.78. The molecule has 2 aromatic heterocycles. The fourth-order valence-corrected chi connectivity index (χ4v) is 4.22. The highest BCUT2D eigenvalue weighted by Crippen LogP contribution is 2.30. The Balaban J connectivity index is 1.13. The number of hydrogen-bond acceptors (Lipinski definition) is 6. The van der Waals surface area contributed by atoms with Gasteiger partial charge < -0.3 is 29.2 Å². The third kappa shape index (κ3) is 4.71. The number of nitrogens with one attached hydrogen (secondary N) is 2. The molecule has 10 nitrogen and oxygen atoms in total. The molecule has 2 saturated heterocycles. The van der Waals surface area contributed by atoms with Crippen molar-refractivity contribution < 1.29 is 19.1 Å². The van der Waals surface area contributed by atoms with E-state index in [2.05, 4.69) is 19.9 Å². The summed E-state index contributed by atoms with van der Waals surface area (Å²) >= 11 is 0. The minimum absolute atomic E-state index is 0.00120. The van der Waals surface area contributed by atoms with E-state index < -0.39 is 0 Å². The standard InChI is InChI=1S/C20H28N6O4/c27-17(25-9-1-3-15(25)19-21-5-6-22-19)13-29-11-12-30-14-18(28)26-10-2-4-16(26)20-23-7-8-24-20/h5-8,15-16H,1-4,9-14H2,(H,21,22)(H,23,24). The number of rotatable bonds is 9. The molecule has 0 spiro atoms. The molecule has 2 aliphatic rings. The number of carbonyl (C=O) groups excluding carboxylic acids is 2. The second-order valence-electron chi connectivity index (χ2n) is 7.54. The Morgan fingerprint density at radius 2 is 1.33 bits per heavy atom. The summed E-state index contributed by atoms with van der Waals surface area (Å²) < 4.78 is 10.9. The molecule has 4 heterocycles. The number of H-pyrrole nitrogens is 2. The maximum atomic E-state index is 12.5. The number of carbonyl (C=O) groups is 2. The molecule has 0 aromatic carbocycles. The minimum Gasteiger partial charge on any atom is -0.369 e. The van der Waals surface area contributed by atoms with E-state index in [0.29, 0.717) is 13.1 Å². The number of nitrogens with zero attached hydrogens (tertiary/aromatic N) is 4. The van der Waals surface area contributed by atoms with Gasteiger partial charge in [-0.3, -0.25) is 9.59 Å². The lowest BCUT2D eigenvalue weighted by atomic mass is 10.2. The zero-order valence-corrected chi connectivity index (χ0v) is 17.0. The Kier molecular flexibility index (Phi) is 6.75. The Labute approximate surface area is 175 Å². The van der Waals surface area contributed by atoms with Crippen molar-refractivity contribution in [3.63, 3.8) is 0 Å². The number of imidazole rings is 2. The van der Waals surface area contributed by atoms with Gasteiger partial charge in [-0.05, 0) is 25.7 Å². The topological polar surface area (TPSA) is 116 Å². The zero-order chi connectivity index (χ0) is 20.8. The van der Waals surface area contributed by atoms with Crippen LogP contribution in [0.25, 0.3) is 0 Å². The summed E-state index contributed by atoms with van der Waals surface area (Å²) in [6.45, 7) is 1.96. The van der Waals surface area contributed by atoms with Crippen LogP contribution in [0, 0.1) is 0 Å². The molecule has 4 rings (SSSR count). The molecule has 0 aliphatic carbocycles. The maximum Gasteiger partial charge on any atom is 0.249 e. The van der Waals surface area contributed by atoms with Gasteiger partial charge in [0.15, 0.2) is 0 Å². The predicted molar refractivity (Wildman–Crippen MR) is 106 cm³/mol. The van der Waals surface area contributed by atoms with Crippen molar-refractivity contribution >= 4 is 11.8 Å². The first-order valence-electron chi connectivity index (χ1n) is 10.5. The van der Waals surface area contributed by atoms with E-state index in [0.717, 1.165) is 37.3 Å². The molecule has 0 radical (unpaired) electrons. The summed E-state index contributed by atoms with van der Waals surface area (Å²) in [5.74, 6) is 1.53. The van der Waals surface area contributed by atoms with Gasteiger partial charge in [-0.15, -0.1) is 0 Å². The Bertz CT molecular complexity index is 741. The Morgan fingerprint density at radius 3 is 1.73 bits per heavy atom. The monoisotopic (exact) mass is 416 g/mol. The van der Waals surface area contributed by atoms with Crippen molar-refractivity contribution in [2.75, 3.05) is 39.5 Å². The quantitative estimate of drug-likeness (QED) is 0.593. The van der Waals surface area contributed by atoms with Gasteiger partial charge >= 0.3 is 0 Å². The van der Waals surface area contributed by atoms with Crippen LogP contribution in [-0.4, -0.2) is 81.1 Å². The first-order valence-corrected chi connectivity index (χ1v) is 10.5. The third-order valence-corrected chi connectivity index (χ3v) is 5.64. The van der Waals surface area contributed by atoms with Crippen molar-refractivity contribution in [2.45, 2.75) is 37.8 Å². The molecule has 2 aliphatic heterocycles. The number of likely N-dealkylation sites (tertiary alicyclic amines) is 2. The van der Waals surface area contributed by atoms with Crippen molar-refractivity contribution in [1.82, 2.24) is 29.7 Å². The average Bonchev–Trinajstić information content (AvgIpc) is 3.56. The lowest BCUT2D eigenvalue weighted by molar-refractivity contribution is -0.140. The molecule has 30 heavy (non-hydrogen) atoms. The van der Waals surface area contributed by atoms with Gasteiger partial charge in [0.1, 0.15) is 24.9 Å². The summed E-state index contributed by atoms with van der Waals surface area (Å²) in [5, 5.41) is 0. The second-order valence-corrected chi connectivity index (χ2v) is 7.54. The van der Waals surface area contributed by atoms with Gasteiger partial charge in [0, 0.05) is 37.9 Å². The Hall–Kier alpha value is -2.72. The first kappa shape index (κ1) is 20.5. The largest absolute Gasteiger partial charge is 0.369 e. The molecule has 2 atom stereocenters. The number of amides is 2. The van der Waals surface area contributed by atoms with Crippen molar-refractivity contribution in [3.05, 3.63) is 36.4 Å². The maximum absolute atomic E-state index is 12.5. The van der Waals surface area contributed by atoms with Crippen molar-refractivity contribution in [3.8, 4) is 0 Å². The summed E-state index contributed by atoms with van der Waals surface area (Å²) in [6, 6.07) is -0.0138. The number of aromatic nitrogens is 4. The van der Waals surface area contributed by atoms with E-state index in [9.17, 15) is 9.59 Å². The Morgan fingerprint density at radius 1 is 0.867 bits per heavy atom. The van der Waals surface area contributed by atoms with Crippen LogP contribution in [0.4, 0.5) is 0 Å². The van der Waals surface area contributed by atoms with E-state index in [1.165, 1.54) is 0 Å². The van der Waals surface area contributed by atoms with Crippen LogP contribution in [0.5, 0.6) is 0 Å². The van der Waals surface area contributed by atoms with Gasteiger partial charge in [0.2, 0.25) is 11.8 Å². The molecule has 2 N–H and O–H groups in total. The predicted octanol–water partition coefficient (Wildman–Crippen LogP) is 1.19. The summed E-state index contributed by atoms with van der Waals surface area (Å²) in [7, 11) is 0. The van der Waals surface area contributed by atoms with Crippen LogP contribution in [-0.2, 0) is 19.1 Å². The molecule has 2 unspecified atom stereocenters. The summed E-state index contributed by atoms with van der Waals surface area (Å²) in [5.41, 5.74) is 0. The molecule has 2 aromatic rings. The molecule has 0 saturated carbocycles. The molecule has 2 fully saturated rings. The highest BCUT2D eigenvalue weighted by Gasteiger charge is 2.32. The van der Waals surface area contributed by atoms with Crippen LogP contribution in [0.2, 0.25) is 0 Å². The van der Waals surface area contributed by atoms with Crippen molar-refractivity contribution in [2.24, 2.45) is 0 Å². The average molecular weight is 416 g/mol. The smallest absolute Gasteiger partial charge is 0.249 e. The number of ether oxygens (including phenoxy) is 2.